The number of anilines is 2. The van der Waals surface area contributed by atoms with Gasteiger partial charge in [0.1, 0.15) is 16.8 Å². The Hall–Kier alpha value is -4.99. The van der Waals surface area contributed by atoms with Crippen molar-refractivity contribution in [2.75, 3.05) is 16.8 Å². The molecule has 9 heteroatoms. The Kier molecular flexibility index (Phi) is 9.94. The maximum atomic E-state index is 14.3. The number of rotatable bonds is 9. The molecule has 234 valence electrons. The molecule has 3 amide bonds. The monoisotopic (exact) mass is 705 g/mol. The van der Waals surface area contributed by atoms with E-state index in [1.165, 1.54) is 36.0 Å². The summed E-state index contributed by atoms with van der Waals surface area (Å²) in [6.45, 7) is 0.636. The van der Waals surface area contributed by atoms with Crippen LogP contribution in [-0.4, -0.2) is 24.3 Å². The van der Waals surface area contributed by atoms with Crippen molar-refractivity contribution in [1.29, 1.82) is 0 Å². The molecule has 0 unspecified atom stereocenters. The summed E-state index contributed by atoms with van der Waals surface area (Å²) in [7, 11) is 0. The first-order valence-electron chi connectivity index (χ1n) is 14.9. The molecule has 0 aromatic heterocycles. The van der Waals surface area contributed by atoms with Crippen LogP contribution >= 0.6 is 27.7 Å². The number of hydrogen-bond acceptors (Lipinski definition) is 4. The minimum absolute atomic E-state index is 0.0110. The molecule has 2 N–H and O–H groups in total. The SMILES string of the molecule is O=C(Nc1ccc(S[C@@H](C(=O)N2CCc3ccccc32)c2ccccc2)cc1)/C(=C/c1ccc(Br)cc1)NC(=O)c1ccccc1F. The van der Waals surface area contributed by atoms with Crippen LogP contribution in [0.15, 0.2) is 142 Å². The molecule has 0 aliphatic carbocycles. The van der Waals surface area contributed by atoms with Gasteiger partial charge in [-0.15, -0.1) is 11.8 Å². The van der Waals surface area contributed by atoms with Gasteiger partial charge < -0.3 is 15.5 Å². The molecule has 6 nitrogen and oxygen atoms in total. The minimum atomic E-state index is -0.745. The number of fused-ring (bicyclic) bond motifs is 1. The lowest BCUT2D eigenvalue weighted by atomic mass is 10.1. The minimum Gasteiger partial charge on any atom is -0.321 e. The van der Waals surface area contributed by atoms with Crippen LogP contribution in [0.2, 0.25) is 0 Å². The van der Waals surface area contributed by atoms with E-state index in [9.17, 15) is 18.8 Å². The fraction of sp³-hybridized carbons (Fsp3) is 0.0789. The van der Waals surface area contributed by atoms with Gasteiger partial charge in [0.05, 0.1) is 5.56 Å². The van der Waals surface area contributed by atoms with Gasteiger partial charge in [-0.1, -0.05) is 88.7 Å². The lowest BCUT2D eigenvalue weighted by Gasteiger charge is -2.24. The summed E-state index contributed by atoms with van der Waals surface area (Å²) in [5.74, 6) is -2.01. The molecule has 0 bridgehead atoms. The molecule has 47 heavy (non-hydrogen) atoms. The van der Waals surface area contributed by atoms with Gasteiger partial charge >= 0.3 is 0 Å². The Balaban J connectivity index is 1.20. The maximum absolute atomic E-state index is 14.3. The van der Waals surface area contributed by atoms with Gasteiger partial charge in [0.2, 0.25) is 5.91 Å². The maximum Gasteiger partial charge on any atom is 0.272 e. The zero-order valence-corrected chi connectivity index (χ0v) is 27.4. The molecule has 0 saturated heterocycles. The van der Waals surface area contributed by atoms with Gasteiger partial charge in [-0.25, -0.2) is 4.39 Å². The predicted molar refractivity (Wildman–Crippen MR) is 189 cm³/mol. The number of hydrogen-bond donors (Lipinski definition) is 2. The summed E-state index contributed by atoms with van der Waals surface area (Å²) >= 11 is 4.84. The van der Waals surface area contributed by atoms with Crippen LogP contribution in [0.3, 0.4) is 0 Å². The van der Waals surface area contributed by atoms with Gasteiger partial charge in [0.15, 0.2) is 0 Å². The third kappa shape index (κ3) is 7.70. The molecule has 1 aliphatic heterocycles. The number of carbonyl (C=O) groups excluding carboxylic acids is 3. The highest BCUT2D eigenvalue weighted by atomic mass is 79.9. The van der Waals surface area contributed by atoms with Gasteiger partial charge in [-0.2, -0.15) is 0 Å². The van der Waals surface area contributed by atoms with Crippen LogP contribution in [-0.2, 0) is 16.0 Å². The number of thioether (sulfide) groups is 1. The van der Waals surface area contributed by atoms with E-state index < -0.39 is 22.9 Å². The highest BCUT2D eigenvalue weighted by Gasteiger charge is 2.31. The number of carbonyl (C=O) groups is 3. The van der Waals surface area contributed by atoms with Crippen molar-refractivity contribution >= 4 is 62.9 Å². The van der Waals surface area contributed by atoms with E-state index in [1.54, 1.807) is 30.3 Å². The van der Waals surface area contributed by atoms with Gasteiger partial charge in [-0.3, -0.25) is 14.4 Å². The van der Waals surface area contributed by atoms with E-state index in [0.717, 1.165) is 32.6 Å². The van der Waals surface area contributed by atoms with E-state index in [1.807, 2.05) is 77.7 Å². The molecule has 1 aliphatic rings. The Morgan fingerprint density at radius 2 is 1.49 bits per heavy atom. The van der Waals surface area contributed by atoms with E-state index in [4.69, 9.17) is 0 Å². The Morgan fingerprint density at radius 1 is 0.809 bits per heavy atom. The molecule has 6 rings (SSSR count). The molecule has 1 heterocycles. The van der Waals surface area contributed by atoms with Crippen molar-refractivity contribution in [3.05, 3.63) is 166 Å². The van der Waals surface area contributed by atoms with E-state index in [-0.39, 0.29) is 17.2 Å². The Labute approximate surface area is 284 Å². The van der Waals surface area contributed by atoms with Crippen molar-refractivity contribution in [2.24, 2.45) is 0 Å². The van der Waals surface area contributed by atoms with Crippen LogP contribution in [0.25, 0.3) is 6.08 Å². The third-order valence-electron chi connectivity index (χ3n) is 7.64. The van der Waals surface area contributed by atoms with Crippen molar-refractivity contribution in [3.8, 4) is 0 Å². The number of nitrogens with one attached hydrogen (secondary N) is 2. The van der Waals surface area contributed by atoms with Crippen molar-refractivity contribution < 1.29 is 18.8 Å². The van der Waals surface area contributed by atoms with E-state index in [2.05, 4.69) is 32.6 Å². The summed E-state index contributed by atoms with van der Waals surface area (Å²) in [5, 5.41) is 4.92. The summed E-state index contributed by atoms with van der Waals surface area (Å²) in [5.41, 5.74) is 3.93. The largest absolute Gasteiger partial charge is 0.321 e. The zero-order chi connectivity index (χ0) is 32.8. The summed E-state index contributed by atoms with van der Waals surface area (Å²) in [4.78, 5) is 43.1. The van der Waals surface area contributed by atoms with Crippen LogP contribution in [0, 0.1) is 5.82 Å². The number of amides is 3. The first-order valence-corrected chi connectivity index (χ1v) is 16.6. The highest BCUT2D eigenvalue weighted by Crippen LogP contribution is 2.40. The van der Waals surface area contributed by atoms with Crippen LogP contribution in [0.1, 0.15) is 32.3 Å². The number of benzene rings is 5. The smallest absolute Gasteiger partial charge is 0.272 e. The van der Waals surface area contributed by atoms with Gasteiger partial charge in [0.25, 0.3) is 11.8 Å². The highest BCUT2D eigenvalue weighted by molar-refractivity contribution is 9.10. The molecule has 0 saturated carbocycles. The molecule has 0 radical (unpaired) electrons. The lowest BCUT2D eigenvalue weighted by molar-refractivity contribution is -0.118. The van der Waals surface area contributed by atoms with Gasteiger partial charge in [-0.05, 0) is 83.8 Å². The number of para-hydroxylation sites is 1. The molecule has 0 spiro atoms. The predicted octanol–water partition coefficient (Wildman–Crippen LogP) is 8.42. The Bertz CT molecular complexity index is 1950. The quantitative estimate of drug-likeness (QED) is 0.119. The second-order valence-corrected chi connectivity index (χ2v) is 12.9. The van der Waals surface area contributed by atoms with Crippen LogP contribution < -0.4 is 15.5 Å². The second kappa shape index (κ2) is 14.6. The van der Waals surface area contributed by atoms with Crippen molar-refractivity contribution in [3.63, 3.8) is 0 Å². The van der Waals surface area contributed by atoms with Crippen LogP contribution in [0.4, 0.5) is 15.8 Å². The molecule has 1 atom stereocenters. The second-order valence-electron chi connectivity index (χ2n) is 10.8. The average Bonchev–Trinajstić information content (AvgIpc) is 3.53. The van der Waals surface area contributed by atoms with E-state index >= 15 is 0 Å². The summed E-state index contributed by atoms with van der Waals surface area (Å²) in [6.07, 6.45) is 2.35. The molecule has 5 aromatic rings. The van der Waals surface area contributed by atoms with E-state index in [0.29, 0.717) is 17.8 Å². The third-order valence-corrected chi connectivity index (χ3v) is 9.42. The number of halogens is 2. The standard InChI is InChI=1S/C38H29BrFN3O3S/c39-28-16-14-25(15-17-28)24-33(42-36(44)31-11-5-6-12-32(31)40)37(45)41-29-18-20-30(21-19-29)47-35(27-9-2-1-3-10-27)38(46)43-23-22-26-8-4-7-13-34(26)43/h1-21,24,35H,22-23H2,(H,41,45)(H,42,44)/b33-24-/t35-/m1/s1. The first kappa shape index (κ1) is 32.0. The topological polar surface area (TPSA) is 78.5 Å². The van der Waals surface area contributed by atoms with Gasteiger partial charge in [0, 0.05) is 27.3 Å². The molecule has 0 fully saturated rings. The summed E-state index contributed by atoms with van der Waals surface area (Å²) < 4.78 is 15.2. The summed E-state index contributed by atoms with van der Waals surface area (Å²) in [6, 6.07) is 37.6. The molecule has 5 aromatic carbocycles. The zero-order valence-electron chi connectivity index (χ0n) is 25.0. The average molecular weight is 707 g/mol. The van der Waals surface area contributed by atoms with Crippen molar-refractivity contribution in [2.45, 2.75) is 16.6 Å². The van der Waals surface area contributed by atoms with Crippen LogP contribution in [0.5, 0.6) is 0 Å². The first-order chi connectivity index (χ1) is 22.9. The van der Waals surface area contributed by atoms with Crippen molar-refractivity contribution in [1.82, 2.24) is 5.32 Å². The molecular weight excluding hydrogens is 677 g/mol. The fourth-order valence-corrected chi connectivity index (χ4v) is 6.62. The Morgan fingerprint density at radius 3 is 2.23 bits per heavy atom. The number of nitrogens with zero attached hydrogens (tertiary/aromatic N) is 1. The fourth-order valence-electron chi connectivity index (χ4n) is 5.27. The normalized spacial score (nSPS) is 13.1. The molecular formula is C38H29BrFN3O3S. The lowest BCUT2D eigenvalue weighted by Crippen LogP contribution is -2.32.